The molecule has 0 aromatic heterocycles. The molecule has 0 radical (unpaired) electrons. The number of amides is 1. The van der Waals surface area contributed by atoms with Crippen LogP contribution >= 0.6 is 0 Å². The van der Waals surface area contributed by atoms with Crippen molar-refractivity contribution in [1.82, 2.24) is 5.48 Å². The van der Waals surface area contributed by atoms with Crippen LogP contribution in [0.2, 0.25) is 0 Å². The summed E-state index contributed by atoms with van der Waals surface area (Å²) in [7, 11) is 0. The molecule has 0 saturated heterocycles. The minimum atomic E-state index is -0.460. The summed E-state index contributed by atoms with van der Waals surface area (Å²) in [5.74, 6) is -0.460. The molecule has 1 aromatic rings. The Morgan fingerprint density at radius 2 is 2.14 bits per heavy atom. The van der Waals surface area contributed by atoms with Gasteiger partial charge in [-0.1, -0.05) is 23.3 Å². The molecule has 1 aromatic carbocycles. The molecule has 0 fully saturated rings. The first-order chi connectivity index (χ1) is 10.2. The Balaban J connectivity index is 2.02. The smallest absolute Gasteiger partial charge is 0.243 e. The van der Waals surface area contributed by atoms with Gasteiger partial charge in [0, 0.05) is 17.4 Å². The summed E-state index contributed by atoms with van der Waals surface area (Å²) in [6, 6.07) is 6.17. The van der Waals surface area contributed by atoms with E-state index in [-0.39, 0.29) is 12.5 Å². The van der Waals surface area contributed by atoms with Gasteiger partial charge in [0.1, 0.15) is 0 Å². The molecule has 0 spiro atoms. The summed E-state index contributed by atoms with van der Waals surface area (Å²) in [6.07, 6.45) is 5.93. The number of nitrogens with zero attached hydrogens (tertiary/aromatic N) is 3. The SMILES string of the molecule is [N-]=[N+]=N[C@H](CCC(=O)NO)Cc1ccc2c(c1)CCCC2. The van der Waals surface area contributed by atoms with E-state index >= 15 is 0 Å². The highest BCUT2D eigenvalue weighted by Gasteiger charge is 2.13. The zero-order valence-electron chi connectivity index (χ0n) is 12.0. The molecule has 2 rings (SSSR count). The van der Waals surface area contributed by atoms with Crippen molar-refractivity contribution in [2.45, 2.75) is 51.0 Å². The van der Waals surface area contributed by atoms with Crippen LogP contribution in [0.1, 0.15) is 42.4 Å². The van der Waals surface area contributed by atoms with Crippen molar-refractivity contribution in [3.8, 4) is 0 Å². The van der Waals surface area contributed by atoms with Gasteiger partial charge in [-0.2, -0.15) is 0 Å². The zero-order chi connectivity index (χ0) is 15.1. The number of hydrogen-bond acceptors (Lipinski definition) is 3. The van der Waals surface area contributed by atoms with Crippen molar-refractivity contribution in [3.05, 3.63) is 45.3 Å². The van der Waals surface area contributed by atoms with Crippen molar-refractivity contribution in [1.29, 1.82) is 0 Å². The van der Waals surface area contributed by atoms with Crippen LogP contribution in [0.5, 0.6) is 0 Å². The quantitative estimate of drug-likeness (QED) is 0.276. The number of nitrogens with one attached hydrogen (secondary N) is 1. The average molecular weight is 288 g/mol. The van der Waals surface area contributed by atoms with E-state index in [0.29, 0.717) is 12.8 Å². The first kappa shape index (κ1) is 15.4. The minimum Gasteiger partial charge on any atom is -0.289 e. The predicted molar refractivity (Wildman–Crippen MR) is 78.9 cm³/mol. The van der Waals surface area contributed by atoms with Gasteiger partial charge in [0.15, 0.2) is 0 Å². The molecule has 6 heteroatoms. The van der Waals surface area contributed by atoms with Crippen molar-refractivity contribution >= 4 is 5.91 Å². The summed E-state index contributed by atoms with van der Waals surface area (Å²) < 4.78 is 0. The van der Waals surface area contributed by atoms with Gasteiger partial charge < -0.3 is 0 Å². The summed E-state index contributed by atoms with van der Waals surface area (Å²) in [6.45, 7) is 0. The van der Waals surface area contributed by atoms with Crippen LogP contribution in [-0.2, 0) is 24.1 Å². The van der Waals surface area contributed by atoms with E-state index in [4.69, 9.17) is 10.7 Å². The summed E-state index contributed by atoms with van der Waals surface area (Å²) in [5.41, 5.74) is 14.2. The topological polar surface area (TPSA) is 98.1 Å². The van der Waals surface area contributed by atoms with Gasteiger partial charge in [-0.3, -0.25) is 10.0 Å². The maximum atomic E-state index is 11.1. The Hall–Kier alpha value is -2.04. The van der Waals surface area contributed by atoms with Gasteiger partial charge in [-0.15, -0.1) is 0 Å². The zero-order valence-corrected chi connectivity index (χ0v) is 12.0. The van der Waals surface area contributed by atoms with E-state index in [1.54, 1.807) is 5.48 Å². The monoisotopic (exact) mass is 288 g/mol. The number of fused-ring (bicyclic) bond motifs is 1. The lowest BCUT2D eigenvalue weighted by molar-refractivity contribution is -0.129. The highest BCUT2D eigenvalue weighted by atomic mass is 16.5. The van der Waals surface area contributed by atoms with Crippen molar-refractivity contribution in [2.75, 3.05) is 0 Å². The standard InChI is InChI=1S/C15H20N4O2/c16-19-17-14(7-8-15(20)18-21)10-11-5-6-12-3-1-2-4-13(12)9-11/h5-6,9,14,21H,1-4,7-8,10H2,(H,18,20)/t14-/m1/s1. The van der Waals surface area contributed by atoms with E-state index in [1.807, 2.05) is 0 Å². The Kier molecular flexibility index (Phi) is 5.60. The van der Waals surface area contributed by atoms with Gasteiger partial charge in [0.2, 0.25) is 5.91 Å². The van der Waals surface area contributed by atoms with Crippen molar-refractivity contribution in [3.63, 3.8) is 0 Å². The van der Waals surface area contributed by atoms with Crippen LogP contribution in [0.3, 0.4) is 0 Å². The fraction of sp³-hybridized carbons (Fsp3) is 0.533. The molecule has 0 saturated carbocycles. The molecule has 1 amide bonds. The molecule has 0 aliphatic heterocycles. The second-order valence-corrected chi connectivity index (χ2v) is 5.45. The Bertz CT molecular complexity index is 553. The molecule has 1 aliphatic carbocycles. The molecule has 1 atom stereocenters. The molecular formula is C15H20N4O2. The number of hydroxylamine groups is 1. The Morgan fingerprint density at radius 3 is 2.86 bits per heavy atom. The number of hydrogen-bond donors (Lipinski definition) is 2. The normalized spacial score (nSPS) is 14.7. The molecule has 112 valence electrons. The molecule has 2 N–H and O–H groups in total. The third-order valence-electron chi connectivity index (χ3n) is 3.93. The summed E-state index contributed by atoms with van der Waals surface area (Å²) >= 11 is 0. The van der Waals surface area contributed by atoms with Crippen molar-refractivity contribution < 1.29 is 10.0 Å². The largest absolute Gasteiger partial charge is 0.289 e. The van der Waals surface area contributed by atoms with Gasteiger partial charge in [-0.05, 0) is 60.7 Å². The number of benzene rings is 1. The maximum absolute atomic E-state index is 11.1. The average Bonchev–Trinajstić information content (AvgIpc) is 2.52. The van der Waals surface area contributed by atoms with E-state index in [0.717, 1.165) is 18.4 Å². The lowest BCUT2D eigenvalue weighted by Crippen LogP contribution is -2.20. The van der Waals surface area contributed by atoms with Crippen LogP contribution in [-0.4, -0.2) is 17.2 Å². The second-order valence-electron chi connectivity index (χ2n) is 5.45. The number of aryl methyl sites for hydroxylation is 2. The number of carbonyl (C=O) groups is 1. The van der Waals surface area contributed by atoms with Gasteiger partial charge >= 0.3 is 0 Å². The predicted octanol–water partition coefficient (Wildman–Crippen LogP) is 3.07. The van der Waals surface area contributed by atoms with Crippen LogP contribution in [0, 0.1) is 0 Å². The van der Waals surface area contributed by atoms with Gasteiger partial charge in [0.05, 0.1) is 0 Å². The first-order valence-electron chi connectivity index (χ1n) is 7.30. The van der Waals surface area contributed by atoms with E-state index in [9.17, 15) is 4.79 Å². The lowest BCUT2D eigenvalue weighted by Gasteiger charge is -2.18. The van der Waals surface area contributed by atoms with E-state index in [2.05, 4.69) is 28.2 Å². The molecule has 0 bridgehead atoms. The Labute approximate surface area is 123 Å². The lowest BCUT2D eigenvalue weighted by atomic mass is 9.89. The molecule has 21 heavy (non-hydrogen) atoms. The third kappa shape index (κ3) is 4.48. The van der Waals surface area contributed by atoms with Gasteiger partial charge in [-0.25, -0.2) is 5.48 Å². The van der Waals surface area contributed by atoms with E-state index in [1.165, 1.54) is 24.0 Å². The van der Waals surface area contributed by atoms with Crippen LogP contribution < -0.4 is 5.48 Å². The van der Waals surface area contributed by atoms with Crippen molar-refractivity contribution in [2.24, 2.45) is 5.11 Å². The molecule has 6 nitrogen and oxygen atoms in total. The first-order valence-corrected chi connectivity index (χ1v) is 7.30. The number of carbonyl (C=O) groups excluding carboxylic acids is 1. The number of azide groups is 1. The fourth-order valence-electron chi connectivity index (χ4n) is 2.81. The number of rotatable bonds is 6. The van der Waals surface area contributed by atoms with Crippen LogP contribution in [0.4, 0.5) is 0 Å². The summed E-state index contributed by atoms with van der Waals surface area (Å²) in [5, 5.41) is 12.3. The van der Waals surface area contributed by atoms with Gasteiger partial charge in [0.25, 0.3) is 0 Å². The highest BCUT2D eigenvalue weighted by molar-refractivity contribution is 5.74. The fourth-order valence-corrected chi connectivity index (χ4v) is 2.81. The van der Waals surface area contributed by atoms with Crippen LogP contribution in [0.25, 0.3) is 10.4 Å². The van der Waals surface area contributed by atoms with E-state index < -0.39 is 5.91 Å². The molecule has 1 aliphatic rings. The molecular weight excluding hydrogens is 268 g/mol. The Morgan fingerprint density at radius 1 is 1.38 bits per heavy atom. The third-order valence-corrected chi connectivity index (χ3v) is 3.93. The second kappa shape index (κ2) is 7.67. The molecule has 0 heterocycles. The molecule has 0 unspecified atom stereocenters. The summed E-state index contributed by atoms with van der Waals surface area (Å²) in [4.78, 5) is 13.9. The van der Waals surface area contributed by atoms with Crippen LogP contribution in [0.15, 0.2) is 23.3 Å². The highest BCUT2D eigenvalue weighted by Crippen LogP contribution is 2.23. The maximum Gasteiger partial charge on any atom is 0.243 e. The minimum absolute atomic E-state index is 0.144.